The van der Waals surface area contributed by atoms with Gasteiger partial charge in [0.1, 0.15) is 17.3 Å². The number of fused-ring (bicyclic) bond motifs is 3. The highest BCUT2D eigenvalue weighted by molar-refractivity contribution is 6.32. The summed E-state index contributed by atoms with van der Waals surface area (Å²) >= 11 is 12.7. The van der Waals surface area contributed by atoms with Crippen molar-refractivity contribution in [3.63, 3.8) is 0 Å². The predicted octanol–water partition coefficient (Wildman–Crippen LogP) is 5.02. The summed E-state index contributed by atoms with van der Waals surface area (Å²) in [5.41, 5.74) is 9.17. The van der Waals surface area contributed by atoms with E-state index in [1.54, 1.807) is 36.1 Å². The van der Waals surface area contributed by atoms with Crippen molar-refractivity contribution in [2.24, 2.45) is 5.73 Å². The lowest BCUT2D eigenvalue weighted by Gasteiger charge is -2.44. The van der Waals surface area contributed by atoms with Crippen LogP contribution in [0.2, 0.25) is 10.0 Å². The van der Waals surface area contributed by atoms with Crippen LogP contribution < -0.4 is 16.0 Å². The molecular weight excluding hydrogens is 459 g/mol. The number of nitriles is 1. The summed E-state index contributed by atoms with van der Waals surface area (Å²) in [5, 5.41) is 14.3. The standard InChI is InChI=1S/C25H20Cl2N4O2/c1-12-16(26)5-3-6-18(12)31-19-7-4-8-20(32)21(19)25(15(11-28)23(31)29)14-9-10-17(27)13(2)22(14)30-24(25)33/h3,5-6,9-10H,4,7-8,29H2,1-2H3,(H,30,33). The van der Waals surface area contributed by atoms with Crippen molar-refractivity contribution >= 4 is 46.3 Å². The second kappa shape index (κ2) is 7.38. The van der Waals surface area contributed by atoms with Gasteiger partial charge in [-0.3, -0.25) is 14.5 Å². The highest BCUT2D eigenvalue weighted by Gasteiger charge is 2.60. The third-order valence-corrected chi connectivity index (χ3v) is 7.69. The van der Waals surface area contributed by atoms with Crippen molar-refractivity contribution < 1.29 is 9.59 Å². The van der Waals surface area contributed by atoms with Crippen LogP contribution in [0.4, 0.5) is 11.4 Å². The molecule has 166 valence electrons. The number of allylic oxidation sites excluding steroid dienone is 1. The Hall–Kier alpha value is -3.27. The van der Waals surface area contributed by atoms with E-state index in [0.29, 0.717) is 56.7 Å². The number of nitrogens with one attached hydrogen (secondary N) is 1. The monoisotopic (exact) mass is 478 g/mol. The number of benzene rings is 2. The van der Waals surface area contributed by atoms with Gasteiger partial charge in [-0.05, 0) is 56.0 Å². The molecule has 3 aliphatic rings. The fraction of sp³-hybridized carbons (Fsp3) is 0.240. The molecule has 2 aromatic rings. The molecule has 2 heterocycles. The summed E-state index contributed by atoms with van der Waals surface area (Å²) in [6, 6.07) is 11.0. The van der Waals surface area contributed by atoms with Crippen LogP contribution in [0.5, 0.6) is 0 Å². The molecule has 5 rings (SSSR count). The number of Topliss-reactive ketones (excluding diaryl/α,β-unsaturated/α-hetero) is 1. The summed E-state index contributed by atoms with van der Waals surface area (Å²) in [6.07, 6.45) is 1.44. The number of halogens is 2. The maximum absolute atomic E-state index is 13.7. The molecule has 1 unspecified atom stereocenters. The number of carbonyl (C=O) groups excluding carboxylic acids is 2. The average molecular weight is 479 g/mol. The Morgan fingerprint density at radius 3 is 2.55 bits per heavy atom. The number of amides is 1. The summed E-state index contributed by atoms with van der Waals surface area (Å²) in [5.74, 6) is -0.517. The first-order valence-corrected chi connectivity index (χ1v) is 11.3. The van der Waals surface area contributed by atoms with E-state index in [4.69, 9.17) is 28.9 Å². The first-order chi connectivity index (χ1) is 15.7. The zero-order valence-electron chi connectivity index (χ0n) is 18.1. The smallest absolute Gasteiger partial charge is 0.245 e. The molecule has 0 aromatic heterocycles. The van der Waals surface area contributed by atoms with Crippen LogP contribution in [0.25, 0.3) is 0 Å². The van der Waals surface area contributed by atoms with E-state index in [9.17, 15) is 14.9 Å². The topological polar surface area (TPSA) is 99.2 Å². The van der Waals surface area contributed by atoms with Crippen molar-refractivity contribution in [3.05, 3.63) is 79.7 Å². The number of anilines is 2. The molecule has 3 N–H and O–H groups in total. The lowest BCUT2D eigenvalue weighted by Crippen LogP contribution is -2.50. The van der Waals surface area contributed by atoms with Gasteiger partial charge in [-0.2, -0.15) is 5.26 Å². The minimum atomic E-state index is -1.61. The van der Waals surface area contributed by atoms with Gasteiger partial charge < -0.3 is 11.1 Å². The van der Waals surface area contributed by atoms with E-state index in [2.05, 4.69) is 11.4 Å². The molecular formula is C25H20Cl2N4O2. The highest BCUT2D eigenvalue weighted by atomic mass is 35.5. The molecule has 0 bridgehead atoms. The van der Waals surface area contributed by atoms with Gasteiger partial charge in [0.15, 0.2) is 5.78 Å². The molecule has 33 heavy (non-hydrogen) atoms. The summed E-state index contributed by atoms with van der Waals surface area (Å²) in [7, 11) is 0. The van der Waals surface area contributed by atoms with Crippen LogP contribution in [0.1, 0.15) is 36.0 Å². The van der Waals surface area contributed by atoms with Gasteiger partial charge in [0.25, 0.3) is 0 Å². The van der Waals surface area contributed by atoms with Gasteiger partial charge >= 0.3 is 0 Å². The molecule has 1 spiro atoms. The normalized spacial score (nSPS) is 21.8. The second-order valence-corrected chi connectivity index (χ2v) is 9.30. The summed E-state index contributed by atoms with van der Waals surface area (Å²) < 4.78 is 0. The largest absolute Gasteiger partial charge is 0.384 e. The Balaban J connectivity index is 1.91. The molecule has 1 amide bonds. The van der Waals surface area contributed by atoms with E-state index in [-0.39, 0.29) is 23.6 Å². The predicted molar refractivity (Wildman–Crippen MR) is 128 cm³/mol. The highest BCUT2D eigenvalue weighted by Crippen LogP contribution is 2.56. The van der Waals surface area contributed by atoms with Crippen molar-refractivity contribution in [2.45, 2.75) is 38.5 Å². The summed E-state index contributed by atoms with van der Waals surface area (Å²) in [4.78, 5) is 29.0. The first-order valence-electron chi connectivity index (χ1n) is 10.6. The van der Waals surface area contributed by atoms with Crippen LogP contribution in [0.3, 0.4) is 0 Å². The number of nitrogens with zero attached hydrogens (tertiary/aromatic N) is 2. The van der Waals surface area contributed by atoms with Crippen molar-refractivity contribution in [1.82, 2.24) is 0 Å². The molecule has 1 atom stereocenters. The van der Waals surface area contributed by atoms with E-state index >= 15 is 0 Å². The fourth-order valence-electron chi connectivity index (χ4n) is 5.29. The van der Waals surface area contributed by atoms with Crippen molar-refractivity contribution in [2.75, 3.05) is 10.2 Å². The molecule has 0 radical (unpaired) electrons. The second-order valence-electron chi connectivity index (χ2n) is 8.49. The first kappa shape index (κ1) is 21.6. The Kier molecular flexibility index (Phi) is 4.82. The van der Waals surface area contributed by atoms with E-state index in [0.717, 1.165) is 5.56 Å². The molecule has 2 aliphatic heterocycles. The Morgan fingerprint density at radius 2 is 1.82 bits per heavy atom. The van der Waals surface area contributed by atoms with Gasteiger partial charge in [-0.1, -0.05) is 35.3 Å². The molecule has 2 aromatic carbocycles. The minimum absolute atomic E-state index is 0.0221. The van der Waals surface area contributed by atoms with Crippen LogP contribution in [0, 0.1) is 25.2 Å². The molecule has 0 saturated carbocycles. The number of hydrogen-bond donors (Lipinski definition) is 2. The van der Waals surface area contributed by atoms with E-state index < -0.39 is 11.3 Å². The Labute approximate surface area is 201 Å². The zero-order chi connectivity index (χ0) is 23.7. The van der Waals surface area contributed by atoms with Gasteiger partial charge in [0, 0.05) is 33.3 Å². The van der Waals surface area contributed by atoms with Crippen molar-refractivity contribution in [3.8, 4) is 6.07 Å². The Bertz CT molecular complexity index is 1390. The third-order valence-electron chi connectivity index (χ3n) is 6.88. The maximum Gasteiger partial charge on any atom is 0.245 e. The zero-order valence-corrected chi connectivity index (χ0v) is 19.6. The lowest BCUT2D eigenvalue weighted by atomic mass is 9.63. The third kappa shape index (κ3) is 2.67. The van der Waals surface area contributed by atoms with Gasteiger partial charge in [0.05, 0.1) is 16.9 Å². The molecule has 1 aliphatic carbocycles. The average Bonchev–Trinajstić information content (AvgIpc) is 3.07. The number of hydrogen-bond acceptors (Lipinski definition) is 5. The minimum Gasteiger partial charge on any atom is -0.384 e. The van der Waals surface area contributed by atoms with E-state index in [1.165, 1.54) is 0 Å². The van der Waals surface area contributed by atoms with Crippen LogP contribution in [0.15, 0.2) is 53.0 Å². The number of ketones is 1. The fourth-order valence-corrected chi connectivity index (χ4v) is 5.62. The number of carbonyl (C=O) groups is 2. The van der Waals surface area contributed by atoms with Crippen LogP contribution >= 0.6 is 23.2 Å². The molecule has 0 fully saturated rings. The lowest BCUT2D eigenvalue weighted by molar-refractivity contribution is -0.122. The quantitative estimate of drug-likeness (QED) is 0.599. The SMILES string of the molecule is Cc1c(Cl)cccc1N1C(N)=C(C#N)C2(C(=O)Nc3c2ccc(Cl)c3C)C2=C1CCCC2=O. The van der Waals surface area contributed by atoms with Crippen LogP contribution in [-0.4, -0.2) is 11.7 Å². The van der Waals surface area contributed by atoms with Gasteiger partial charge in [-0.25, -0.2) is 0 Å². The summed E-state index contributed by atoms with van der Waals surface area (Å²) in [6.45, 7) is 3.65. The molecule has 8 heteroatoms. The van der Waals surface area contributed by atoms with Gasteiger partial charge in [-0.15, -0.1) is 0 Å². The maximum atomic E-state index is 13.7. The number of nitrogens with two attached hydrogens (primary N) is 1. The molecule has 6 nitrogen and oxygen atoms in total. The van der Waals surface area contributed by atoms with Crippen molar-refractivity contribution in [1.29, 1.82) is 5.26 Å². The van der Waals surface area contributed by atoms with Crippen LogP contribution in [-0.2, 0) is 15.0 Å². The molecule has 0 saturated heterocycles. The van der Waals surface area contributed by atoms with E-state index in [1.807, 2.05) is 13.0 Å². The Morgan fingerprint density at radius 1 is 1.09 bits per heavy atom. The van der Waals surface area contributed by atoms with Gasteiger partial charge in [0.2, 0.25) is 5.91 Å². The number of rotatable bonds is 1.